The summed E-state index contributed by atoms with van der Waals surface area (Å²) in [6.07, 6.45) is 1.51. The van der Waals surface area contributed by atoms with E-state index in [0.717, 1.165) is 44.9 Å². The van der Waals surface area contributed by atoms with Gasteiger partial charge in [0.1, 0.15) is 24.1 Å². The molecule has 6 aliphatic rings. The number of aliphatic hydroxyl groups excluding tert-OH is 4. The van der Waals surface area contributed by atoms with Gasteiger partial charge >= 0.3 is 5.97 Å². The predicted molar refractivity (Wildman–Crippen MR) is 166 cm³/mol. The van der Waals surface area contributed by atoms with Gasteiger partial charge in [-0.1, -0.05) is 60.1 Å². The number of fused-ring (bicyclic) bond motifs is 7. The van der Waals surface area contributed by atoms with E-state index in [1.54, 1.807) is 0 Å². The van der Waals surface area contributed by atoms with Crippen molar-refractivity contribution in [2.75, 3.05) is 6.61 Å². The molecule has 0 spiro atoms. The van der Waals surface area contributed by atoms with Crippen molar-refractivity contribution >= 4 is 11.8 Å². The molecule has 1 unspecified atom stereocenters. The summed E-state index contributed by atoms with van der Waals surface area (Å²) in [5, 5.41) is 51.8. The number of carboxylic acids is 1. The zero-order chi connectivity index (χ0) is 33.1. The molecule has 0 aromatic rings. The first-order chi connectivity index (χ1) is 20.8. The van der Waals surface area contributed by atoms with Crippen molar-refractivity contribution in [1.29, 1.82) is 0 Å². The van der Waals surface area contributed by atoms with E-state index in [1.807, 2.05) is 6.92 Å². The van der Waals surface area contributed by atoms with Gasteiger partial charge in [-0.05, 0) is 90.8 Å². The van der Waals surface area contributed by atoms with E-state index >= 15 is 0 Å². The van der Waals surface area contributed by atoms with Crippen LogP contribution in [0, 0.1) is 50.2 Å². The molecule has 1 aliphatic heterocycles. The molecule has 0 aromatic heterocycles. The standard InChI is InChI=1S/C36H56O9/c1-31(2)16-20-19-8-9-22-33(4)12-11-24(44-30-27(41)25(39)26(40)28(45-30)29(42)43)34(5,18-37)21(33)10-13-36(22,7)35(19,6)15-14-32(20,3)23(38)17-31/h8,20-22,24-28,30,37,39-41H,9-18H2,1-7H3,(H,42,43)/t20-,21+,22+,24-,25-,26-,27+,28-,30+,32+,33-,34+,35+,36?/m0/s1. The van der Waals surface area contributed by atoms with Gasteiger partial charge in [-0.2, -0.15) is 0 Å². The summed E-state index contributed by atoms with van der Waals surface area (Å²) in [6.45, 7) is 16.0. The minimum absolute atomic E-state index is 0.00267. The molecule has 1 saturated heterocycles. The highest BCUT2D eigenvalue weighted by molar-refractivity contribution is 5.87. The summed E-state index contributed by atoms with van der Waals surface area (Å²) in [6, 6.07) is 0. The lowest BCUT2D eigenvalue weighted by Crippen LogP contribution is -2.67. The van der Waals surface area contributed by atoms with Gasteiger partial charge in [0.2, 0.25) is 0 Å². The smallest absolute Gasteiger partial charge is 0.335 e. The minimum Gasteiger partial charge on any atom is -0.479 e. The van der Waals surface area contributed by atoms with Crippen LogP contribution in [-0.2, 0) is 19.1 Å². The molecule has 5 N–H and O–H groups in total. The third kappa shape index (κ3) is 4.53. The number of ketones is 1. The number of Topliss-reactive ketones (excluding diaryl/α,β-unsaturated/α-hetero) is 1. The second-order valence-electron chi connectivity index (χ2n) is 17.8. The van der Waals surface area contributed by atoms with E-state index in [1.165, 1.54) is 5.57 Å². The molecular weight excluding hydrogens is 576 g/mol. The highest BCUT2D eigenvalue weighted by atomic mass is 16.7. The predicted octanol–water partition coefficient (Wildman–Crippen LogP) is 4.24. The van der Waals surface area contributed by atoms with Gasteiger partial charge < -0.3 is 35.0 Å². The largest absolute Gasteiger partial charge is 0.479 e. The number of carbonyl (C=O) groups excluding carboxylic acids is 1. The Morgan fingerprint density at radius 2 is 1.62 bits per heavy atom. The molecule has 0 bridgehead atoms. The molecule has 9 nitrogen and oxygen atoms in total. The van der Waals surface area contributed by atoms with Crippen molar-refractivity contribution in [2.24, 2.45) is 50.2 Å². The number of aliphatic carboxylic acids is 1. The Kier molecular flexibility index (Phi) is 7.88. The molecule has 14 atom stereocenters. The number of hydrogen-bond donors (Lipinski definition) is 5. The van der Waals surface area contributed by atoms with Crippen LogP contribution < -0.4 is 0 Å². The molecule has 9 heteroatoms. The Bertz CT molecular complexity index is 1260. The summed E-state index contributed by atoms with van der Waals surface area (Å²) in [4.78, 5) is 25.3. The molecule has 1 heterocycles. The second-order valence-corrected chi connectivity index (χ2v) is 17.8. The number of hydrogen-bond acceptors (Lipinski definition) is 8. The van der Waals surface area contributed by atoms with Crippen LogP contribution in [0.3, 0.4) is 0 Å². The number of aliphatic hydroxyl groups is 4. The Morgan fingerprint density at radius 1 is 0.933 bits per heavy atom. The summed E-state index contributed by atoms with van der Waals surface area (Å²) in [7, 11) is 0. The van der Waals surface area contributed by atoms with Crippen molar-refractivity contribution in [3.8, 4) is 0 Å². The molecule has 6 rings (SSSR count). The third-order valence-electron chi connectivity index (χ3n) is 15.0. The molecule has 5 aliphatic carbocycles. The number of rotatable bonds is 4. The lowest BCUT2D eigenvalue weighted by molar-refractivity contribution is -0.327. The second kappa shape index (κ2) is 10.6. The van der Waals surface area contributed by atoms with Gasteiger partial charge in [0.25, 0.3) is 0 Å². The number of allylic oxidation sites excluding steroid dienone is 2. The fraction of sp³-hybridized carbons (Fsp3) is 0.889. The van der Waals surface area contributed by atoms with E-state index in [0.29, 0.717) is 24.5 Å². The van der Waals surface area contributed by atoms with Gasteiger partial charge in [0.05, 0.1) is 12.7 Å². The Labute approximate surface area is 267 Å². The SMILES string of the molecule is CC1(C)CC(=O)[C@]2(C)CC[C@]3(C)C(=CC[C@H]4C3(C)CC[C@@H]3[C@]4(C)CC[C@H](O[C@@H]4O[C@H](C(=O)O)[C@@H](O)[C@H](O)[C@H]4O)[C@]3(C)CO)[C@@H]2C1. The van der Waals surface area contributed by atoms with Crippen LogP contribution in [0.4, 0.5) is 0 Å². The monoisotopic (exact) mass is 632 g/mol. The van der Waals surface area contributed by atoms with E-state index in [2.05, 4.69) is 47.6 Å². The van der Waals surface area contributed by atoms with Crippen molar-refractivity contribution in [1.82, 2.24) is 0 Å². The van der Waals surface area contributed by atoms with E-state index in [-0.39, 0.29) is 45.5 Å². The maximum absolute atomic E-state index is 13.6. The quantitative estimate of drug-likeness (QED) is 0.226. The van der Waals surface area contributed by atoms with Crippen LogP contribution in [0.5, 0.6) is 0 Å². The molecule has 254 valence electrons. The molecule has 0 radical (unpaired) electrons. The van der Waals surface area contributed by atoms with Crippen molar-refractivity contribution < 1.29 is 44.6 Å². The Morgan fingerprint density at radius 3 is 2.27 bits per heavy atom. The molecular formula is C36H56O9. The van der Waals surface area contributed by atoms with Gasteiger partial charge in [-0.3, -0.25) is 4.79 Å². The first kappa shape index (κ1) is 33.5. The highest BCUT2D eigenvalue weighted by Crippen LogP contribution is 2.75. The van der Waals surface area contributed by atoms with Gasteiger partial charge in [-0.25, -0.2) is 4.79 Å². The van der Waals surface area contributed by atoms with Crippen molar-refractivity contribution in [2.45, 2.75) is 143 Å². The van der Waals surface area contributed by atoms with E-state index in [9.17, 15) is 35.1 Å². The number of carbonyl (C=O) groups is 2. The fourth-order valence-corrected chi connectivity index (χ4v) is 12.0. The summed E-state index contributed by atoms with van der Waals surface area (Å²) in [5.41, 5.74) is 0.416. The van der Waals surface area contributed by atoms with Gasteiger partial charge in [0.15, 0.2) is 12.4 Å². The number of ether oxygens (including phenoxy) is 2. The molecule has 45 heavy (non-hydrogen) atoms. The average Bonchev–Trinajstić information content (AvgIpc) is 2.96. The van der Waals surface area contributed by atoms with E-state index in [4.69, 9.17) is 9.47 Å². The van der Waals surface area contributed by atoms with Gasteiger partial charge in [-0.15, -0.1) is 0 Å². The van der Waals surface area contributed by atoms with Crippen LogP contribution in [-0.4, -0.2) is 80.7 Å². The summed E-state index contributed by atoms with van der Waals surface area (Å²) in [5.74, 6) is -0.285. The van der Waals surface area contributed by atoms with Crippen LogP contribution in [0.25, 0.3) is 0 Å². The molecule has 0 amide bonds. The molecule has 5 fully saturated rings. The maximum Gasteiger partial charge on any atom is 0.335 e. The zero-order valence-corrected chi connectivity index (χ0v) is 28.2. The molecule has 4 saturated carbocycles. The first-order valence-corrected chi connectivity index (χ1v) is 17.2. The fourth-order valence-electron chi connectivity index (χ4n) is 12.0. The lowest BCUT2D eigenvalue weighted by Gasteiger charge is -2.71. The number of carboxylic acid groups (broad SMARTS) is 1. The minimum atomic E-state index is -1.78. The first-order valence-electron chi connectivity index (χ1n) is 17.2. The van der Waals surface area contributed by atoms with Crippen molar-refractivity contribution in [3.05, 3.63) is 11.6 Å². The van der Waals surface area contributed by atoms with Crippen LogP contribution in [0.15, 0.2) is 11.6 Å². The molecule has 0 aromatic carbocycles. The van der Waals surface area contributed by atoms with Crippen molar-refractivity contribution in [3.63, 3.8) is 0 Å². The summed E-state index contributed by atoms with van der Waals surface area (Å²) >= 11 is 0. The van der Waals surface area contributed by atoms with Crippen LogP contribution in [0.1, 0.15) is 106 Å². The van der Waals surface area contributed by atoms with Gasteiger partial charge in [0, 0.05) is 17.3 Å². The average molecular weight is 633 g/mol. The highest BCUT2D eigenvalue weighted by Gasteiger charge is 2.69. The lowest BCUT2D eigenvalue weighted by atomic mass is 9.33. The zero-order valence-electron chi connectivity index (χ0n) is 28.2. The topological polar surface area (TPSA) is 154 Å². The third-order valence-corrected chi connectivity index (χ3v) is 15.0. The Balaban J connectivity index is 1.30. The normalized spacial score (nSPS) is 54.2. The maximum atomic E-state index is 13.6. The Hall–Kier alpha value is -1.36. The summed E-state index contributed by atoms with van der Waals surface area (Å²) < 4.78 is 11.8. The van der Waals surface area contributed by atoms with Crippen LogP contribution in [0.2, 0.25) is 0 Å². The van der Waals surface area contributed by atoms with E-state index < -0.39 is 48.2 Å². The van der Waals surface area contributed by atoms with Crippen LogP contribution >= 0.6 is 0 Å².